The standard InChI is InChI=1S/C17H19NO4/c1-11-8-15(12(2)22-11)16(19)18-10-14(17(20)21)9-13-6-4-3-5-7-13/h3-8,14H,9-10H2,1-2H3,(H,18,19)(H,20,21). The number of carboxylic acids is 1. The number of nitrogens with one attached hydrogen (secondary N) is 1. The van der Waals surface area contributed by atoms with E-state index in [-0.39, 0.29) is 12.5 Å². The number of aryl methyl sites for hydroxylation is 2. The molecule has 0 saturated carbocycles. The van der Waals surface area contributed by atoms with Gasteiger partial charge in [-0.15, -0.1) is 0 Å². The summed E-state index contributed by atoms with van der Waals surface area (Å²) in [6.45, 7) is 3.55. The van der Waals surface area contributed by atoms with Crippen LogP contribution in [0.4, 0.5) is 0 Å². The van der Waals surface area contributed by atoms with Gasteiger partial charge in [0.1, 0.15) is 11.5 Å². The molecule has 1 heterocycles. The monoisotopic (exact) mass is 301 g/mol. The molecule has 2 aromatic rings. The number of amides is 1. The maximum Gasteiger partial charge on any atom is 0.308 e. The molecule has 1 unspecified atom stereocenters. The highest BCUT2D eigenvalue weighted by atomic mass is 16.4. The summed E-state index contributed by atoms with van der Waals surface area (Å²) in [5.74, 6) is -0.718. The lowest BCUT2D eigenvalue weighted by Crippen LogP contribution is -2.34. The largest absolute Gasteiger partial charge is 0.481 e. The average Bonchev–Trinajstić information content (AvgIpc) is 2.82. The quantitative estimate of drug-likeness (QED) is 0.859. The Hall–Kier alpha value is -2.56. The highest BCUT2D eigenvalue weighted by Crippen LogP contribution is 2.14. The van der Waals surface area contributed by atoms with Crippen LogP contribution in [0.1, 0.15) is 27.4 Å². The Labute approximate surface area is 129 Å². The van der Waals surface area contributed by atoms with E-state index in [0.717, 1.165) is 5.56 Å². The summed E-state index contributed by atoms with van der Waals surface area (Å²) in [6, 6.07) is 11.0. The minimum Gasteiger partial charge on any atom is -0.481 e. The van der Waals surface area contributed by atoms with Crippen molar-refractivity contribution in [2.24, 2.45) is 5.92 Å². The molecular weight excluding hydrogens is 282 g/mol. The lowest BCUT2D eigenvalue weighted by Gasteiger charge is -2.13. The van der Waals surface area contributed by atoms with E-state index in [2.05, 4.69) is 5.32 Å². The van der Waals surface area contributed by atoms with Crippen LogP contribution in [0, 0.1) is 19.8 Å². The van der Waals surface area contributed by atoms with Crippen molar-refractivity contribution in [1.82, 2.24) is 5.32 Å². The zero-order valence-electron chi connectivity index (χ0n) is 12.6. The van der Waals surface area contributed by atoms with E-state index in [0.29, 0.717) is 23.5 Å². The Morgan fingerprint density at radius 1 is 1.23 bits per heavy atom. The van der Waals surface area contributed by atoms with Gasteiger partial charge in [0.05, 0.1) is 11.5 Å². The number of hydrogen-bond donors (Lipinski definition) is 2. The van der Waals surface area contributed by atoms with E-state index in [1.165, 1.54) is 0 Å². The second-order valence-electron chi connectivity index (χ2n) is 5.26. The Bertz CT molecular complexity index is 661. The van der Waals surface area contributed by atoms with Crippen molar-refractivity contribution >= 4 is 11.9 Å². The second-order valence-corrected chi connectivity index (χ2v) is 5.26. The first-order valence-corrected chi connectivity index (χ1v) is 7.09. The molecule has 0 fully saturated rings. The van der Waals surface area contributed by atoms with Gasteiger partial charge in [-0.2, -0.15) is 0 Å². The van der Waals surface area contributed by atoms with Crippen molar-refractivity contribution in [3.63, 3.8) is 0 Å². The van der Waals surface area contributed by atoms with Gasteiger partial charge in [-0.1, -0.05) is 30.3 Å². The molecule has 0 bridgehead atoms. The van der Waals surface area contributed by atoms with E-state index in [9.17, 15) is 14.7 Å². The van der Waals surface area contributed by atoms with Crippen LogP contribution in [0.25, 0.3) is 0 Å². The fourth-order valence-corrected chi connectivity index (χ4v) is 2.31. The van der Waals surface area contributed by atoms with Gasteiger partial charge in [-0.05, 0) is 31.9 Å². The van der Waals surface area contributed by atoms with E-state index in [1.807, 2.05) is 30.3 Å². The van der Waals surface area contributed by atoms with Crippen molar-refractivity contribution in [3.8, 4) is 0 Å². The van der Waals surface area contributed by atoms with Crippen molar-refractivity contribution in [3.05, 3.63) is 59.0 Å². The highest BCUT2D eigenvalue weighted by Gasteiger charge is 2.20. The van der Waals surface area contributed by atoms with Crippen LogP contribution >= 0.6 is 0 Å². The Morgan fingerprint density at radius 3 is 2.45 bits per heavy atom. The van der Waals surface area contributed by atoms with Crippen molar-refractivity contribution in [1.29, 1.82) is 0 Å². The van der Waals surface area contributed by atoms with Crippen molar-refractivity contribution in [2.45, 2.75) is 20.3 Å². The molecule has 22 heavy (non-hydrogen) atoms. The van der Waals surface area contributed by atoms with Crippen LogP contribution in [0.5, 0.6) is 0 Å². The normalized spacial score (nSPS) is 11.9. The van der Waals surface area contributed by atoms with Crippen molar-refractivity contribution in [2.75, 3.05) is 6.54 Å². The van der Waals surface area contributed by atoms with Crippen molar-refractivity contribution < 1.29 is 19.1 Å². The van der Waals surface area contributed by atoms with Gasteiger partial charge in [-0.25, -0.2) is 0 Å². The Balaban J connectivity index is 1.99. The first-order chi connectivity index (χ1) is 10.5. The Kier molecular flexibility index (Phi) is 4.99. The number of hydrogen-bond acceptors (Lipinski definition) is 3. The number of benzene rings is 1. The summed E-state index contributed by atoms with van der Waals surface area (Å²) >= 11 is 0. The molecule has 0 saturated heterocycles. The van der Waals surface area contributed by atoms with Gasteiger partial charge in [0.25, 0.3) is 5.91 Å². The molecule has 2 rings (SSSR count). The van der Waals surface area contributed by atoms with E-state index >= 15 is 0 Å². The third kappa shape index (κ3) is 3.97. The maximum atomic E-state index is 12.1. The van der Waals surface area contributed by atoms with Crippen LogP contribution in [0.2, 0.25) is 0 Å². The van der Waals surface area contributed by atoms with E-state index in [4.69, 9.17) is 4.42 Å². The summed E-state index contributed by atoms with van der Waals surface area (Å²) in [6.07, 6.45) is 0.375. The minimum absolute atomic E-state index is 0.0761. The van der Waals surface area contributed by atoms with Gasteiger partial charge >= 0.3 is 5.97 Å². The summed E-state index contributed by atoms with van der Waals surface area (Å²) in [5, 5.41) is 12.0. The van der Waals surface area contributed by atoms with Gasteiger partial charge in [0.2, 0.25) is 0 Å². The average molecular weight is 301 g/mol. The van der Waals surface area contributed by atoms with Gasteiger partial charge in [-0.3, -0.25) is 9.59 Å². The van der Waals surface area contributed by atoms with Crippen LogP contribution in [0.3, 0.4) is 0 Å². The molecule has 5 nitrogen and oxygen atoms in total. The summed E-state index contributed by atoms with van der Waals surface area (Å²) in [7, 11) is 0. The predicted molar refractivity (Wildman–Crippen MR) is 81.8 cm³/mol. The molecule has 0 radical (unpaired) electrons. The smallest absolute Gasteiger partial charge is 0.308 e. The fourth-order valence-electron chi connectivity index (χ4n) is 2.31. The molecule has 0 aliphatic heterocycles. The fraction of sp³-hybridized carbons (Fsp3) is 0.294. The molecule has 1 amide bonds. The molecule has 0 aliphatic carbocycles. The molecule has 1 aromatic carbocycles. The number of carboxylic acid groups (broad SMARTS) is 1. The number of carbonyl (C=O) groups excluding carboxylic acids is 1. The van der Waals surface area contributed by atoms with Gasteiger partial charge < -0.3 is 14.8 Å². The van der Waals surface area contributed by atoms with Crippen LogP contribution in [-0.2, 0) is 11.2 Å². The lowest BCUT2D eigenvalue weighted by atomic mass is 9.99. The molecule has 1 atom stereocenters. The molecular formula is C17H19NO4. The summed E-state index contributed by atoms with van der Waals surface area (Å²) < 4.78 is 5.31. The van der Waals surface area contributed by atoms with Gasteiger partial charge in [0, 0.05) is 6.54 Å². The summed E-state index contributed by atoms with van der Waals surface area (Å²) in [4.78, 5) is 23.4. The number of furan rings is 1. The highest BCUT2D eigenvalue weighted by molar-refractivity contribution is 5.95. The first kappa shape index (κ1) is 15.8. The number of rotatable bonds is 6. The first-order valence-electron chi connectivity index (χ1n) is 7.09. The summed E-state index contributed by atoms with van der Waals surface area (Å²) in [5.41, 5.74) is 1.38. The zero-order valence-corrected chi connectivity index (χ0v) is 12.6. The topological polar surface area (TPSA) is 79.5 Å². The van der Waals surface area contributed by atoms with E-state index < -0.39 is 11.9 Å². The second kappa shape index (κ2) is 6.93. The van der Waals surface area contributed by atoms with Gasteiger partial charge in [0.15, 0.2) is 0 Å². The molecule has 5 heteroatoms. The van der Waals surface area contributed by atoms with Crippen LogP contribution < -0.4 is 5.32 Å². The minimum atomic E-state index is -0.927. The third-order valence-corrected chi connectivity index (χ3v) is 3.47. The lowest BCUT2D eigenvalue weighted by molar-refractivity contribution is -0.141. The number of carbonyl (C=O) groups is 2. The van der Waals surface area contributed by atoms with E-state index in [1.54, 1.807) is 19.9 Å². The molecule has 0 aliphatic rings. The maximum absolute atomic E-state index is 12.1. The Morgan fingerprint density at radius 2 is 1.91 bits per heavy atom. The molecule has 116 valence electrons. The predicted octanol–water partition coefficient (Wildman–Crippen LogP) is 2.57. The number of aliphatic carboxylic acids is 1. The molecule has 1 aromatic heterocycles. The SMILES string of the molecule is Cc1cc(C(=O)NCC(Cc2ccccc2)C(=O)O)c(C)o1. The molecule has 0 spiro atoms. The molecule has 2 N–H and O–H groups in total. The third-order valence-electron chi connectivity index (χ3n) is 3.47. The van der Waals surface area contributed by atoms with Crippen LogP contribution in [0.15, 0.2) is 40.8 Å². The van der Waals surface area contributed by atoms with Crippen LogP contribution in [-0.4, -0.2) is 23.5 Å². The zero-order chi connectivity index (χ0) is 16.1.